The van der Waals surface area contributed by atoms with E-state index in [1.807, 2.05) is 92.7 Å². The highest BCUT2D eigenvalue weighted by molar-refractivity contribution is 5.90. The minimum atomic E-state index is -0.783. The average Bonchev–Trinajstić information content (AvgIpc) is 2.96. The second-order valence-corrected chi connectivity index (χ2v) is 10.9. The van der Waals surface area contributed by atoms with Gasteiger partial charge in [-0.25, -0.2) is 4.79 Å². The largest absolute Gasteiger partial charge is 0.459 e. The van der Waals surface area contributed by atoms with Gasteiger partial charge in [0.05, 0.1) is 6.54 Å². The summed E-state index contributed by atoms with van der Waals surface area (Å²) in [6, 6.07) is 28.5. The monoisotopic (exact) mass is 542 g/mol. The first-order valence-corrected chi connectivity index (χ1v) is 14.1. The lowest BCUT2D eigenvalue weighted by Gasteiger charge is -2.23. The summed E-state index contributed by atoms with van der Waals surface area (Å²) < 4.78 is 5.55. The number of benzene rings is 3. The van der Waals surface area contributed by atoms with E-state index in [9.17, 15) is 14.4 Å². The molecule has 0 aliphatic carbocycles. The van der Waals surface area contributed by atoms with Crippen molar-refractivity contribution >= 4 is 17.7 Å². The third kappa shape index (κ3) is 10.8. The molecular formula is C34H42N2O4. The number of hydrogen-bond donors (Lipinski definition) is 2. The Balaban J connectivity index is 1.62. The standard InChI is InChI=1S/C34H42N2O4/c1-25(2)19-32(34(39)40-24-28-15-9-5-10-16-28)36-33(38)30(20-27-13-7-4-8-14-27)21-31(37)23-35-22-26(3)29-17-11-6-12-18-29/h4-18,25-26,30,32,35H,19-24H2,1-3H3,(H,36,38)/t26-,30-,32+/m0/s1. The summed E-state index contributed by atoms with van der Waals surface area (Å²) in [6.45, 7) is 7.10. The molecule has 3 aromatic carbocycles. The summed E-state index contributed by atoms with van der Waals surface area (Å²) in [4.78, 5) is 39.5. The second kappa shape index (κ2) is 16.4. The highest BCUT2D eigenvalue weighted by atomic mass is 16.5. The van der Waals surface area contributed by atoms with E-state index in [1.165, 1.54) is 5.56 Å². The first kappa shape index (κ1) is 30.8. The van der Waals surface area contributed by atoms with Crippen molar-refractivity contribution in [2.75, 3.05) is 13.1 Å². The summed E-state index contributed by atoms with van der Waals surface area (Å²) in [5, 5.41) is 6.17. The molecule has 0 unspecified atom stereocenters. The van der Waals surface area contributed by atoms with Crippen LogP contribution in [0.2, 0.25) is 0 Å². The fraction of sp³-hybridized carbons (Fsp3) is 0.382. The smallest absolute Gasteiger partial charge is 0.328 e. The van der Waals surface area contributed by atoms with E-state index in [1.54, 1.807) is 0 Å². The van der Waals surface area contributed by atoms with Crippen molar-refractivity contribution in [2.24, 2.45) is 11.8 Å². The fourth-order valence-electron chi connectivity index (χ4n) is 4.64. The quantitative estimate of drug-likeness (QED) is 0.235. The number of carbonyl (C=O) groups excluding carboxylic acids is 3. The van der Waals surface area contributed by atoms with E-state index in [2.05, 4.69) is 29.7 Å². The minimum absolute atomic E-state index is 0.0385. The van der Waals surface area contributed by atoms with E-state index in [4.69, 9.17) is 4.74 Å². The first-order valence-electron chi connectivity index (χ1n) is 14.1. The molecule has 212 valence electrons. The number of carbonyl (C=O) groups is 3. The zero-order chi connectivity index (χ0) is 28.7. The third-order valence-corrected chi connectivity index (χ3v) is 6.84. The van der Waals surface area contributed by atoms with Crippen LogP contribution in [-0.4, -0.2) is 36.8 Å². The molecule has 0 bridgehead atoms. The van der Waals surface area contributed by atoms with Crippen molar-refractivity contribution < 1.29 is 19.1 Å². The zero-order valence-corrected chi connectivity index (χ0v) is 23.8. The lowest BCUT2D eigenvalue weighted by Crippen LogP contribution is -2.46. The number of hydrogen-bond acceptors (Lipinski definition) is 5. The molecule has 0 aliphatic heterocycles. The van der Waals surface area contributed by atoms with E-state index in [0.29, 0.717) is 19.4 Å². The van der Waals surface area contributed by atoms with Gasteiger partial charge in [-0.3, -0.25) is 9.59 Å². The van der Waals surface area contributed by atoms with Crippen molar-refractivity contribution in [3.05, 3.63) is 108 Å². The molecular weight excluding hydrogens is 500 g/mol. The molecule has 0 saturated heterocycles. The van der Waals surface area contributed by atoms with Gasteiger partial charge in [0.2, 0.25) is 5.91 Å². The SMILES string of the molecule is CC(C)C[C@@H](NC(=O)[C@H](CC(=O)CNC[C@H](C)c1ccccc1)Cc1ccccc1)C(=O)OCc1ccccc1. The van der Waals surface area contributed by atoms with Gasteiger partial charge in [-0.2, -0.15) is 0 Å². The Morgan fingerprint density at radius 3 is 1.95 bits per heavy atom. The number of amides is 1. The predicted octanol–water partition coefficient (Wildman–Crippen LogP) is 5.47. The maximum atomic E-state index is 13.5. The van der Waals surface area contributed by atoms with Crippen LogP contribution in [0.15, 0.2) is 91.0 Å². The molecule has 0 heterocycles. The molecule has 0 fully saturated rings. The van der Waals surface area contributed by atoms with Gasteiger partial charge in [-0.15, -0.1) is 0 Å². The van der Waals surface area contributed by atoms with Crippen molar-refractivity contribution in [1.82, 2.24) is 10.6 Å². The minimum Gasteiger partial charge on any atom is -0.459 e. The van der Waals surface area contributed by atoms with Crippen LogP contribution in [-0.2, 0) is 32.1 Å². The van der Waals surface area contributed by atoms with Crippen LogP contribution in [0.3, 0.4) is 0 Å². The van der Waals surface area contributed by atoms with Gasteiger partial charge in [0.15, 0.2) is 0 Å². The molecule has 3 atom stereocenters. The summed E-state index contributed by atoms with van der Waals surface area (Å²) in [7, 11) is 0. The Labute approximate surface area is 238 Å². The second-order valence-electron chi connectivity index (χ2n) is 10.9. The van der Waals surface area contributed by atoms with Gasteiger partial charge in [0.25, 0.3) is 0 Å². The number of esters is 1. The Kier molecular flexibility index (Phi) is 12.6. The molecule has 2 N–H and O–H groups in total. The van der Waals surface area contributed by atoms with Crippen LogP contribution in [0.1, 0.15) is 56.2 Å². The van der Waals surface area contributed by atoms with Crippen molar-refractivity contribution in [3.8, 4) is 0 Å². The van der Waals surface area contributed by atoms with E-state index in [-0.39, 0.29) is 43.1 Å². The lowest BCUT2D eigenvalue weighted by molar-refractivity contribution is -0.150. The van der Waals surface area contributed by atoms with Gasteiger partial charge in [-0.1, -0.05) is 112 Å². The third-order valence-electron chi connectivity index (χ3n) is 6.84. The Morgan fingerprint density at radius 2 is 1.35 bits per heavy atom. The van der Waals surface area contributed by atoms with Crippen LogP contribution in [0.5, 0.6) is 0 Å². The van der Waals surface area contributed by atoms with E-state index >= 15 is 0 Å². The number of ether oxygens (including phenoxy) is 1. The van der Waals surface area contributed by atoms with Crippen LogP contribution in [0.25, 0.3) is 0 Å². The molecule has 3 aromatic rings. The molecule has 0 saturated carbocycles. The molecule has 40 heavy (non-hydrogen) atoms. The van der Waals surface area contributed by atoms with Crippen molar-refractivity contribution in [1.29, 1.82) is 0 Å². The van der Waals surface area contributed by atoms with Gasteiger partial charge >= 0.3 is 5.97 Å². The maximum Gasteiger partial charge on any atom is 0.328 e. The molecule has 0 aliphatic rings. The van der Waals surface area contributed by atoms with E-state index < -0.39 is 17.9 Å². The Hall–Kier alpha value is -3.77. The molecule has 3 rings (SSSR count). The normalized spacial score (nSPS) is 13.3. The van der Waals surface area contributed by atoms with Crippen LogP contribution in [0.4, 0.5) is 0 Å². The van der Waals surface area contributed by atoms with E-state index in [0.717, 1.165) is 11.1 Å². The topological polar surface area (TPSA) is 84.5 Å². The van der Waals surface area contributed by atoms with Crippen molar-refractivity contribution in [2.45, 2.75) is 58.6 Å². The van der Waals surface area contributed by atoms with Crippen LogP contribution < -0.4 is 10.6 Å². The number of ketones is 1. The van der Waals surface area contributed by atoms with Crippen LogP contribution >= 0.6 is 0 Å². The maximum absolute atomic E-state index is 13.5. The molecule has 0 aromatic heterocycles. The Morgan fingerprint density at radius 1 is 0.775 bits per heavy atom. The zero-order valence-electron chi connectivity index (χ0n) is 23.8. The summed E-state index contributed by atoms with van der Waals surface area (Å²) in [6.07, 6.45) is 0.942. The van der Waals surface area contributed by atoms with Gasteiger partial charge in [0, 0.05) is 18.9 Å². The van der Waals surface area contributed by atoms with Crippen molar-refractivity contribution in [3.63, 3.8) is 0 Å². The van der Waals surface area contributed by atoms with Gasteiger partial charge < -0.3 is 15.4 Å². The molecule has 6 heteroatoms. The first-order chi connectivity index (χ1) is 19.3. The number of Topliss-reactive ketones (excluding diaryl/α,β-unsaturated/α-hetero) is 1. The Bertz CT molecular complexity index is 1180. The molecule has 6 nitrogen and oxygen atoms in total. The molecule has 0 spiro atoms. The fourth-order valence-corrected chi connectivity index (χ4v) is 4.64. The average molecular weight is 543 g/mol. The molecule has 1 amide bonds. The highest BCUT2D eigenvalue weighted by Crippen LogP contribution is 2.17. The van der Waals surface area contributed by atoms with Gasteiger partial charge in [-0.05, 0) is 41.4 Å². The highest BCUT2D eigenvalue weighted by Gasteiger charge is 2.29. The van der Waals surface area contributed by atoms with Gasteiger partial charge in [0.1, 0.15) is 18.4 Å². The predicted molar refractivity (Wildman–Crippen MR) is 159 cm³/mol. The summed E-state index contributed by atoms with van der Waals surface area (Å²) >= 11 is 0. The summed E-state index contributed by atoms with van der Waals surface area (Å²) in [5.41, 5.74) is 3.06. The lowest BCUT2D eigenvalue weighted by atomic mass is 9.92. The molecule has 0 radical (unpaired) electrons. The summed E-state index contributed by atoms with van der Waals surface area (Å²) in [5.74, 6) is -0.983. The number of rotatable bonds is 16. The number of nitrogens with one attached hydrogen (secondary N) is 2. The van der Waals surface area contributed by atoms with Crippen LogP contribution in [0, 0.1) is 11.8 Å².